The number of nitrogens with zero attached hydrogens (tertiary/aromatic N) is 2. The molecule has 0 spiro atoms. The molecule has 2 heterocycles. The van der Waals surface area contributed by atoms with E-state index >= 15 is 0 Å². The zero-order valence-corrected chi connectivity index (χ0v) is 15.0. The van der Waals surface area contributed by atoms with Gasteiger partial charge in [0.2, 0.25) is 0 Å². The van der Waals surface area contributed by atoms with Crippen LogP contribution in [-0.4, -0.2) is 27.9 Å². The molecular weight excluding hydrogens is 371 g/mol. The van der Waals surface area contributed by atoms with Gasteiger partial charge in [-0.25, -0.2) is 0 Å². The molecule has 8 nitrogen and oxygen atoms in total. The third-order valence-electron chi connectivity index (χ3n) is 1.59. The van der Waals surface area contributed by atoms with Crippen molar-refractivity contribution >= 4 is 17.9 Å². The van der Waals surface area contributed by atoms with E-state index in [4.69, 9.17) is 29.7 Å². The minimum atomic E-state index is -1.08. The summed E-state index contributed by atoms with van der Waals surface area (Å²) in [6, 6.07) is 11.6. The van der Waals surface area contributed by atoms with Crippen molar-refractivity contribution in [3.8, 4) is 11.4 Å². The average Bonchev–Trinajstić information content (AvgIpc) is 2.47. The zero-order valence-electron chi connectivity index (χ0n) is 13.8. The van der Waals surface area contributed by atoms with Gasteiger partial charge in [0.1, 0.15) is 0 Å². The molecule has 0 aliphatic heterocycles. The molecule has 2 aromatic heterocycles. The summed E-state index contributed by atoms with van der Waals surface area (Å²) < 4.78 is 0. The third kappa shape index (κ3) is 26.4. The van der Waals surface area contributed by atoms with Crippen LogP contribution in [-0.2, 0) is 31.5 Å². The summed E-state index contributed by atoms with van der Waals surface area (Å²) in [5, 5.41) is 26.7. The summed E-state index contributed by atoms with van der Waals surface area (Å²) in [6.45, 7) is 2.92. The van der Waals surface area contributed by atoms with Crippen LogP contribution in [0.4, 0.5) is 0 Å². The monoisotopic (exact) mass is 388 g/mol. The van der Waals surface area contributed by atoms with Crippen molar-refractivity contribution in [2.24, 2.45) is 0 Å². The molecule has 0 bridgehead atoms. The maximum Gasteiger partial charge on any atom is 3.00 e. The van der Waals surface area contributed by atoms with Crippen molar-refractivity contribution in [1.29, 1.82) is 0 Å². The van der Waals surface area contributed by atoms with Crippen LogP contribution in [0.25, 0.3) is 11.4 Å². The van der Waals surface area contributed by atoms with Gasteiger partial charge in [0, 0.05) is 30.3 Å². The fourth-order valence-electron chi connectivity index (χ4n) is 1.03. The number of carbonyl (C=O) groups is 3. The van der Waals surface area contributed by atoms with Gasteiger partial charge in [0.25, 0.3) is 0 Å². The summed E-state index contributed by atoms with van der Waals surface area (Å²) in [4.78, 5) is 35.0. The molecule has 134 valence electrons. The predicted octanol–water partition coefficient (Wildman–Crippen LogP) is -1.59. The van der Waals surface area contributed by atoms with Crippen molar-refractivity contribution < 1.29 is 46.8 Å². The molecule has 0 amide bonds. The first-order valence-corrected chi connectivity index (χ1v) is 6.52. The number of carboxylic acid groups (broad SMARTS) is 3. The van der Waals surface area contributed by atoms with Crippen LogP contribution >= 0.6 is 0 Å². The van der Waals surface area contributed by atoms with E-state index in [2.05, 4.69) is 9.97 Å². The van der Waals surface area contributed by atoms with Crippen molar-refractivity contribution in [3.05, 3.63) is 48.8 Å². The second-order valence-electron chi connectivity index (χ2n) is 3.90. The number of pyridine rings is 2. The topological polar surface area (TPSA) is 146 Å². The van der Waals surface area contributed by atoms with E-state index in [1.807, 2.05) is 36.4 Å². The summed E-state index contributed by atoms with van der Waals surface area (Å²) in [6.07, 6.45) is 3.54. The normalized spacial score (nSPS) is 7.64. The van der Waals surface area contributed by atoms with E-state index in [1.54, 1.807) is 12.4 Å². The fourth-order valence-corrected chi connectivity index (χ4v) is 1.03. The standard InChI is InChI=1S/C10H8N2.3C2H4O2.Mn/c1-3-7-11-9(5-1)10-6-2-4-8-12-10;3*1-2(3)4;/h1-8H;3*1H3,(H,3,4);/q;;;;+3/p-3. The van der Waals surface area contributed by atoms with Gasteiger partial charge in [-0.1, -0.05) is 12.1 Å². The largest absolute Gasteiger partial charge is 3.00 e. The molecule has 0 aliphatic rings. The number of carbonyl (C=O) groups excluding carboxylic acids is 3. The molecule has 0 fully saturated rings. The molecular formula is C16H17MnN2O6. The second-order valence-corrected chi connectivity index (χ2v) is 3.90. The van der Waals surface area contributed by atoms with Gasteiger partial charge >= 0.3 is 17.1 Å². The molecule has 0 aromatic carbocycles. The Balaban J connectivity index is -0.000000314. The number of hydrogen-bond acceptors (Lipinski definition) is 8. The van der Waals surface area contributed by atoms with Gasteiger partial charge in [0.05, 0.1) is 11.4 Å². The Hall–Kier alpha value is -2.77. The van der Waals surface area contributed by atoms with Crippen LogP contribution < -0.4 is 15.3 Å². The fraction of sp³-hybridized carbons (Fsp3) is 0.188. The zero-order chi connectivity index (χ0) is 19.0. The van der Waals surface area contributed by atoms with E-state index in [0.717, 1.165) is 32.2 Å². The summed E-state index contributed by atoms with van der Waals surface area (Å²) in [5.74, 6) is -3.25. The Morgan fingerprint density at radius 1 is 0.680 bits per heavy atom. The molecule has 0 atom stereocenters. The van der Waals surface area contributed by atoms with Crippen molar-refractivity contribution in [3.63, 3.8) is 0 Å². The summed E-state index contributed by atoms with van der Waals surface area (Å²) in [5.41, 5.74) is 1.83. The predicted molar refractivity (Wildman–Crippen MR) is 79.5 cm³/mol. The molecule has 2 aromatic rings. The van der Waals surface area contributed by atoms with E-state index < -0.39 is 17.9 Å². The van der Waals surface area contributed by atoms with Crippen LogP contribution in [0.15, 0.2) is 48.8 Å². The Morgan fingerprint density at radius 2 is 0.920 bits per heavy atom. The minimum absolute atomic E-state index is 0. The molecule has 2 rings (SSSR count). The number of aliphatic carboxylic acids is 3. The molecule has 0 N–H and O–H groups in total. The van der Waals surface area contributed by atoms with E-state index in [0.29, 0.717) is 0 Å². The second kappa shape index (κ2) is 17.6. The van der Waals surface area contributed by atoms with Crippen LogP contribution in [0.5, 0.6) is 0 Å². The first-order chi connectivity index (χ1) is 11.2. The Morgan fingerprint density at radius 3 is 1.08 bits per heavy atom. The number of aromatic nitrogens is 2. The SMILES string of the molecule is CC(=O)[O-].CC(=O)[O-].CC(=O)[O-].[Mn+3].c1ccc(-c2ccccn2)nc1. The van der Waals surface area contributed by atoms with Gasteiger partial charge in [-0.05, 0) is 45.0 Å². The number of carboxylic acids is 3. The van der Waals surface area contributed by atoms with Gasteiger partial charge in [-0.3, -0.25) is 9.97 Å². The first kappa shape index (κ1) is 27.1. The van der Waals surface area contributed by atoms with E-state index in [-0.39, 0.29) is 17.1 Å². The number of rotatable bonds is 1. The van der Waals surface area contributed by atoms with Crippen LogP contribution in [0.2, 0.25) is 0 Å². The maximum atomic E-state index is 8.89. The van der Waals surface area contributed by atoms with Gasteiger partial charge < -0.3 is 29.7 Å². The summed E-state index contributed by atoms with van der Waals surface area (Å²) in [7, 11) is 0. The third-order valence-corrected chi connectivity index (χ3v) is 1.59. The Labute approximate surface area is 156 Å². The van der Waals surface area contributed by atoms with Gasteiger partial charge in [-0.15, -0.1) is 0 Å². The molecule has 0 radical (unpaired) electrons. The van der Waals surface area contributed by atoms with Gasteiger partial charge in [0.15, 0.2) is 0 Å². The summed E-state index contributed by atoms with van der Waals surface area (Å²) >= 11 is 0. The molecule has 0 saturated carbocycles. The van der Waals surface area contributed by atoms with E-state index in [9.17, 15) is 0 Å². The van der Waals surface area contributed by atoms with Crippen molar-refractivity contribution in [2.45, 2.75) is 20.8 Å². The van der Waals surface area contributed by atoms with Crippen LogP contribution in [0, 0.1) is 0 Å². The Bertz CT molecular complexity index is 531. The molecule has 25 heavy (non-hydrogen) atoms. The Kier molecular flexibility index (Phi) is 19.1. The number of hydrogen-bond donors (Lipinski definition) is 0. The maximum absolute atomic E-state index is 8.89. The van der Waals surface area contributed by atoms with Crippen molar-refractivity contribution in [2.75, 3.05) is 0 Å². The molecule has 0 saturated heterocycles. The molecule has 0 unspecified atom stereocenters. The average molecular weight is 388 g/mol. The molecule has 0 aliphatic carbocycles. The van der Waals surface area contributed by atoms with E-state index in [1.165, 1.54) is 0 Å². The van der Waals surface area contributed by atoms with Crippen LogP contribution in [0.3, 0.4) is 0 Å². The van der Waals surface area contributed by atoms with Gasteiger partial charge in [-0.2, -0.15) is 0 Å². The minimum Gasteiger partial charge on any atom is -0.550 e. The first-order valence-electron chi connectivity index (χ1n) is 6.52. The molecule has 9 heteroatoms. The smallest absolute Gasteiger partial charge is 0.550 e. The van der Waals surface area contributed by atoms with Crippen LogP contribution in [0.1, 0.15) is 20.8 Å². The van der Waals surface area contributed by atoms with Crippen molar-refractivity contribution in [1.82, 2.24) is 9.97 Å². The quantitative estimate of drug-likeness (QED) is 0.531.